The fourth-order valence-electron chi connectivity index (χ4n) is 1.67. The molecule has 0 spiro atoms. The van der Waals surface area contributed by atoms with Crippen LogP contribution < -0.4 is 0 Å². The van der Waals surface area contributed by atoms with Crippen LogP contribution in [-0.2, 0) is 6.54 Å². The maximum Gasteiger partial charge on any atom is 0.0319 e. The average molecular weight is 223 g/mol. The molecule has 0 heterocycles. The van der Waals surface area contributed by atoms with Gasteiger partial charge in [-0.1, -0.05) is 43.7 Å². The third-order valence-electron chi connectivity index (χ3n) is 2.73. The summed E-state index contributed by atoms with van der Waals surface area (Å²) >= 11 is 0. The van der Waals surface area contributed by atoms with E-state index in [-0.39, 0.29) is 0 Å². The average Bonchev–Trinajstić information content (AvgIpc) is 2.33. The lowest BCUT2D eigenvalue weighted by molar-refractivity contribution is 0.237. The molecular weight excluding hydrogens is 198 g/mol. The maximum absolute atomic E-state index is 7.00. The Morgan fingerprint density at radius 3 is 2.25 bits per heavy atom. The van der Waals surface area contributed by atoms with E-state index in [1.54, 1.807) is 0 Å². The molecule has 1 atom stereocenters. The zero-order valence-electron chi connectivity index (χ0n) is 11.0. The molecule has 2 heteroatoms. The van der Waals surface area contributed by atoms with Crippen molar-refractivity contribution in [1.29, 1.82) is 0 Å². The summed E-state index contributed by atoms with van der Waals surface area (Å²) in [7, 11) is 3.20. The number of hydrogen-bond acceptors (Lipinski definition) is 2. The second-order valence-corrected chi connectivity index (χ2v) is 4.04. The molecule has 1 rings (SSSR count). The van der Waals surface area contributed by atoms with Crippen molar-refractivity contribution in [2.45, 2.75) is 39.3 Å². The number of aliphatic hydroxyl groups is 1. The van der Waals surface area contributed by atoms with Crippen LogP contribution >= 0.6 is 0 Å². The van der Waals surface area contributed by atoms with Crippen LogP contribution in [0.2, 0.25) is 0 Å². The molecule has 2 nitrogen and oxygen atoms in total. The Labute approximate surface area is 99.9 Å². The predicted octanol–water partition coefficient (Wildman–Crippen LogP) is 2.92. The van der Waals surface area contributed by atoms with Crippen molar-refractivity contribution < 1.29 is 5.11 Å². The molecule has 0 aliphatic heterocycles. The van der Waals surface area contributed by atoms with Gasteiger partial charge in [0, 0.05) is 19.7 Å². The van der Waals surface area contributed by atoms with Crippen LogP contribution in [0.3, 0.4) is 0 Å². The number of nitrogens with zero attached hydrogens (tertiary/aromatic N) is 1. The molecule has 1 aromatic carbocycles. The largest absolute Gasteiger partial charge is 0.400 e. The summed E-state index contributed by atoms with van der Waals surface area (Å²) in [6.45, 7) is 5.60. The van der Waals surface area contributed by atoms with Crippen LogP contribution in [0.5, 0.6) is 0 Å². The van der Waals surface area contributed by atoms with Crippen LogP contribution in [0.25, 0.3) is 0 Å². The summed E-state index contributed by atoms with van der Waals surface area (Å²) in [4.78, 5) is 2.42. The highest BCUT2D eigenvalue weighted by Crippen LogP contribution is 2.09. The van der Waals surface area contributed by atoms with Gasteiger partial charge in [0.25, 0.3) is 0 Å². The van der Waals surface area contributed by atoms with E-state index in [4.69, 9.17) is 5.11 Å². The SMILES string of the molecule is CCCC(C)N(C)Cc1ccccc1.CO. The number of benzene rings is 1. The minimum absolute atomic E-state index is 0.681. The molecule has 0 bridgehead atoms. The Kier molecular flexibility index (Phi) is 8.87. The van der Waals surface area contributed by atoms with Crippen LogP contribution in [0, 0.1) is 0 Å². The maximum atomic E-state index is 7.00. The predicted molar refractivity (Wildman–Crippen MR) is 70.4 cm³/mol. The topological polar surface area (TPSA) is 23.5 Å². The van der Waals surface area contributed by atoms with Crippen molar-refractivity contribution >= 4 is 0 Å². The highest BCUT2D eigenvalue weighted by atomic mass is 16.2. The Bertz CT molecular complexity index is 248. The van der Waals surface area contributed by atoms with Gasteiger partial charge in [-0.25, -0.2) is 0 Å². The van der Waals surface area contributed by atoms with Crippen LogP contribution in [-0.4, -0.2) is 30.2 Å². The van der Waals surface area contributed by atoms with Crippen molar-refractivity contribution in [1.82, 2.24) is 4.90 Å². The van der Waals surface area contributed by atoms with E-state index >= 15 is 0 Å². The molecule has 0 aromatic heterocycles. The zero-order valence-corrected chi connectivity index (χ0v) is 11.0. The molecule has 1 aromatic rings. The van der Waals surface area contributed by atoms with Crippen molar-refractivity contribution in [2.24, 2.45) is 0 Å². The van der Waals surface area contributed by atoms with Gasteiger partial charge in [0.1, 0.15) is 0 Å². The first-order valence-electron chi connectivity index (χ1n) is 5.93. The summed E-state index contributed by atoms with van der Waals surface area (Å²) in [5, 5.41) is 7.00. The van der Waals surface area contributed by atoms with Crippen molar-refractivity contribution in [3.63, 3.8) is 0 Å². The summed E-state index contributed by atoms with van der Waals surface area (Å²) in [5.41, 5.74) is 1.40. The zero-order chi connectivity index (χ0) is 12.4. The van der Waals surface area contributed by atoms with Crippen LogP contribution in [0.15, 0.2) is 30.3 Å². The van der Waals surface area contributed by atoms with Gasteiger partial charge in [0.05, 0.1) is 0 Å². The van der Waals surface area contributed by atoms with E-state index in [1.807, 2.05) is 0 Å². The Morgan fingerprint density at radius 2 is 1.75 bits per heavy atom. The van der Waals surface area contributed by atoms with E-state index in [0.29, 0.717) is 6.04 Å². The Balaban J connectivity index is 0.00000106. The normalized spacial score (nSPS) is 11.9. The third kappa shape index (κ3) is 5.89. The smallest absolute Gasteiger partial charge is 0.0319 e. The van der Waals surface area contributed by atoms with E-state index in [0.717, 1.165) is 13.7 Å². The first kappa shape index (κ1) is 15.1. The minimum atomic E-state index is 0.681. The van der Waals surface area contributed by atoms with Crippen molar-refractivity contribution in [2.75, 3.05) is 14.2 Å². The van der Waals surface area contributed by atoms with Gasteiger partial charge in [-0.05, 0) is 26.0 Å². The second-order valence-electron chi connectivity index (χ2n) is 4.04. The van der Waals surface area contributed by atoms with Gasteiger partial charge in [-0.3, -0.25) is 4.90 Å². The Morgan fingerprint density at radius 1 is 1.19 bits per heavy atom. The lowest BCUT2D eigenvalue weighted by Crippen LogP contribution is -2.28. The molecule has 92 valence electrons. The van der Waals surface area contributed by atoms with E-state index < -0.39 is 0 Å². The first-order valence-corrected chi connectivity index (χ1v) is 5.93. The van der Waals surface area contributed by atoms with E-state index in [9.17, 15) is 0 Å². The summed E-state index contributed by atoms with van der Waals surface area (Å²) in [6.07, 6.45) is 2.55. The molecular formula is C14H25NO. The van der Waals surface area contributed by atoms with Gasteiger partial charge in [0.15, 0.2) is 0 Å². The summed E-state index contributed by atoms with van der Waals surface area (Å²) in [6, 6.07) is 11.3. The fraction of sp³-hybridized carbons (Fsp3) is 0.571. The highest BCUT2D eigenvalue weighted by molar-refractivity contribution is 5.14. The molecule has 0 saturated carbocycles. The molecule has 1 N–H and O–H groups in total. The lowest BCUT2D eigenvalue weighted by Gasteiger charge is -2.24. The Hall–Kier alpha value is -0.860. The van der Waals surface area contributed by atoms with Gasteiger partial charge < -0.3 is 5.11 Å². The van der Waals surface area contributed by atoms with Crippen LogP contribution in [0.1, 0.15) is 32.3 Å². The number of aliphatic hydroxyl groups excluding tert-OH is 1. The molecule has 0 saturated heterocycles. The fourth-order valence-corrected chi connectivity index (χ4v) is 1.67. The number of hydrogen-bond donors (Lipinski definition) is 1. The van der Waals surface area contributed by atoms with Gasteiger partial charge in [-0.15, -0.1) is 0 Å². The highest BCUT2D eigenvalue weighted by Gasteiger charge is 2.07. The van der Waals surface area contributed by atoms with E-state index in [2.05, 4.69) is 56.1 Å². The second kappa shape index (κ2) is 9.37. The van der Waals surface area contributed by atoms with Crippen molar-refractivity contribution in [3.8, 4) is 0 Å². The monoisotopic (exact) mass is 223 g/mol. The van der Waals surface area contributed by atoms with Crippen molar-refractivity contribution in [3.05, 3.63) is 35.9 Å². The molecule has 1 unspecified atom stereocenters. The van der Waals surface area contributed by atoms with Crippen LogP contribution in [0.4, 0.5) is 0 Å². The molecule has 0 radical (unpaired) electrons. The lowest BCUT2D eigenvalue weighted by atomic mass is 10.1. The third-order valence-corrected chi connectivity index (χ3v) is 2.73. The van der Waals surface area contributed by atoms with Gasteiger partial charge in [0.2, 0.25) is 0 Å². The molecule has 0 fully saturated rings. The molecule has 0 aliphatic carbocycles. The van der Waals surface area contributed by atoms with Gasteiger partial charge in [-0.2, -0.15) is 0 Å². The summed E-state index contributed by atoms with van der Waals surface area (Å²) in [5.74, 6) is 0. The molecule has 0 aliphatic rings. The molecule has 0 amide bonds. The molecule has 16 heavy (non-hydrogen) atoms. The quantitative estimate of drug-likeness (QED) is 0.829. The minimum Gasteiger partial charge on any atom is -0.400 e. The van der Waals surface area contributed by atoms with Gasteiger partial charge >= 0.3 is 0 Å². The number of rotatable bonds is 5. The van der Waals surface area contributed by atoms with E-state index in [1.165, 1.54) is 18.4 Å². The standard InChI is InChI=1S/C13H21N.CH4O/c1-4-8-12(2)14(3)11-13-9-6-5-7-10-13;1-2/h5-7,9-10,12H,4,8,11H2,1-3H3;2H,1H3. The first-order chi connectivity index (χ1) is 7.74. The summed E-state index contributed by atoms with van der Waals surface area (Å²) < 4.78 is 0.